The van der Waals surface area contributed by atoms with E-state index in [-0.39, 0.29) is 34.7 Å². The first-order valence-corrected chi connectivity index (χ1v) is 16.9. The molecule has 3 aliphatic rings. The molecule has 1 saturated heterocycles. The molecule has 3 amide bonds. The molecule has 9 nitrogen and oxygen atoms in total. The molecule has 0 aromatic heterocycles. The van der Waals surface area contributed by atoms with Gasteiger partial charge in [0.05, 0.1) is 17.0 Å². The first-order valence-electron chi connectivity index (χ1n) is 15.0. The van der Waals surface area contributed by atoms with Crippen molar-refractivity contribution in [3.8, 4) is 0 Å². The van der Waals surface area contributed by atoms with Crippen LogP contribution in [-0.4, -0.2) is 62.2 Å². The van der Waals surface area contributed by atoms with Crippen molar-refractivity contribution < 1.29 is 27.9 Å². The number of fused-ring (bicyclic) bond motifs is 2. The fraction of sp³-hybridized carbons (Fsp3) is 0.531. The topological polar surface area (TPSA) is 133 Å². The summed E-state index contributed by atoms with van der Waals surface area (Å²) >= 11 is 0. The van der Waals surface area contributed by atoms with Crippen molar-refractivity contribution in [2.24, 2.45) is 17.8 Å². The summed E-state index contributed by atoms with van der Waals surface area (Å²) < 4.78 is 24.9. The molecule has 0 spiro atoms. The van der Waals surface area contributed by atoms with Gasteiger partial charge in [0.1, 0.15) is 0 Å². The summed E-state index contributed by atoms with van der Waals surface area (Å²) in [5.41, 5.74) is 1.34. The molecule has 2 aromatic carbocycles. The van der Waals surface area contributed by atoms with Crippen LogP contribution in [0.3, 0.4) is 0 Å². The van der Waals surface area contributed by atoms with Crippen molar-refractivity contribution in [1.82, 2.24) is 10.6 Å². The summed E-state index contributed by atoms with van der Waals surface area (Å²) in [6, 6.07) is 13.1. The number of hydrogen-bond donors (Lipinski definition) is 3. The number of hydrogen-bond acceptors (Lipinski definition) is 6. The molecule has 2 aromatic rings. The number of carbonyl (C=O) groups is 3. The molecule has 3 fully saturated rings. The van der Waals surface area contributed by atoms with E-state index >= 15 is 0 Å². The SMILES string of the molecule is C[C@H](C[C@H](O)C(Cc1ccccc1)NC(=O)c1cc(N2CCCC2=O)cc(S(C)(=O)=O)c1)C(=O)NC1CC2CCC1C2. The normalized spacial score (nSPS) is 23.9. The number of carbonyl (C=O) groups excluding carboxylic acids is 3. The highest BCUT2D eigenvalue weighted by Crippen LogP contribution is 2.44. The zero-order valence-electron chi connectivity index (χ0n) is 24.3. The minimum absolute atomic E-state index is 0.0593. The van der Waals surface area contributed by atoms with Crippen molar-refractivity contribution in [2.45, 2.75) is 81.4 Å². The van der Waals surface area contributed by atoms with Gasteiger partial charge in [0, 0.05) is 42.4 Å². The molecule has 2 saturated carbocycles. The zero-order valence-corrected chi connectivity index (χ0v) is 25.1. The lowest BCUT2D eigenvalue weighted by Crippen LogP contribution is -2.47. The molecule has 2 aliphatic carbocycles. The monoisotopic (exact) mass is 595 g/mol. The van der Waals surface area contributed by atoms with Crippen molar-refractivity contribution in [1.29, 1.82) is 0 Å². The van der Waals surface area contributed by atoms with Crippen LogP contribution in [-0.2, 0) is 25.8 Å². The maximum absolute atomic E-state index is 13.6. The summed E-state index contributed by atoms with van der Waals surface area (Å²) in [4.78, 5) is 40.5. The number of nitrogens with zero attached hydrogens (tertiary/aromatic N) is 1. The number of aliphatic hydroxyl groups is 1. The van der Waals surface area contributed by atoms with Gasteiger partial charge in [0.15, 0.2) is 9.84 Å². The fourth-order valence-corrected chi connectivity index (χ4v) is 7.46. The molecule has 226 valence electrons. The molecule has 5 rings (SSSR count). The summed E-state index contributed by atoms with van der Waals surface area (Å²) in [5.74, 6) is 0.0175. The molecular formula is C32H41N3O6S. The Bertz CT molecular complexity index is 1430. The smallest absolute Gasteiger partial charge is 0.251 e. The van der Waals surface area contributed by atoms with Crippen LogP contribution < -0.4 is 15.5 Å². The highest BCUT2D eigenvalue weighted by atomic mass is 32.2. The maximum Gasteiger partial charge on any atom is 0.251 e. The number of nitrogens with one attached hydrogen (secondary N) is 2. The van der Waals surface area contributed by atoms with Crippen LogP contribution in [0.5, 0.6) is 0 Å². The third kappa shape index (κ3) is 7.03. The van der Waals surface area contributed by atoms with E-state index in [1.54, 1.807) is 6.92 Å². The van der Waals surface area contributed by atoms with E-state index < -0.39 is 33.8 Å². The highest BCUT2D eigenvalue weighted by Gasteiger charge is 2.40. The summed E-state index contributed by atoms with van der Waals surface area (Å²) in [7, 11) is -3.67. The van der Waals surface area contributed by atoms with Gasteiger partial charge in [0.2, 0.25) is 11.8 Å². The predicted octanol–water partition coefficient (Wildman–Crippen LogP) is 3.25. The van der Waals surface area contributed by atoms with E-state index in [0.29, 0.717) is 43.3 Å². The van der Waals surface area contributed by atoms with Crippen LogP contribution in [0.25, 0.3) is 0 Å². The Kier molecular flexibility index (Phi) is 9.03. The Morgan fingerprint density at radius 2 is 1.86 bits per heavy atom. The van der Waals surface area contributed by atoms with Crippen LogP contribution >= 0.6 is 0 Å². The minimum atomic E-state index is -3.67. The first-order chi connectivity index (χ1) is 20.0. The van der Waals surface area contributed by atoms with Crippen LogP contribution in [0.15, 0.2) is 53.4 Å². The lowest BCUT2D eigenvalue weighted by molar-refractivity contribution is -0.126. The van der Waals surface area contributed by atoms with E-state index in [2.05, 4.69) is 10.6 Å². The molecule has 2 bridgehead atoms. The third-order valence-electron chi connectivity index (χ3n) is 9.15. The van der Waals surface area contributed by atoms with E-state index in [9.17, 15) is 27.9 Å². The van der Waals surface area contributed by atoms with Gasteiger partial charge in [-0.25, -0.2) is 8.42 Å². The Balaban J connectivity index is 1.33. The number of aliphatic hydroxyl groups excluding tert-OH is 1. The van der Waals surface area contributed by atoms with E-state index in [4.69, 9.17) is 0 Å². The van der Waals surface area contributed by atoms with Crippen LogP contribution in [0, 0.1) is 17.8 Å². The van der Waals surface area contributed by atoms with Gasteiger partial charge < -0.3 is 20.6 Å². The van der Waals surface area contributed by atoms with Gasteiger partial charge in [-0.1, -0.05) is 43.7 Å². The molecule has 3 N–H and O–H groups in total. The Morgan fingerprint density at radius 3 is 2.48 bits per heavy atom. The van der Waals surface area contributed by atoms with Crippen molar-refractivity contribution in [3.63, 3.8) is 0 Å². The van der Waals surface area contributed by atoms with Gasteiger partial charge in [-0.15, -0.1) is 0 Å². The average Bonchev–Trinajstić information content (AvgIpc) is 3.70. The van der Waals surface area contributed by atoms with Crippen LogP contribution in [0.4, 0.5) is 5.69 Å². The molecule has 1 heterocycles. The molecular weight excluding hydrogens is 554 g/mol. The number of amides is 3. The zero-order chi connectivity index (χ0) is 30.0. The summed E-state index contributed by atoms with van der Waals surface area (Å²) in [6.45, 7) is 2.24. The van der Waals surface area contributed by atoms with Gasteiger partial charge in [-0.05, 0) is 74.1 Å². The van der Waals surface area contributed by atoms with E-state index in [1.807, 2.05) is 30.3 Å². The van der Waals surface area contributed by atoms with E-state index in [0.717, 1.165) is 24.7 Å². The fourth-order valence-electron chi connectivity index (χ4n) is 6.79. The Labute approximate surface area is 248 Å². The van der Waals surface area contributed by atoms with Gasteiger partial charge in [-0.2, -0.15) is 0 Å². The van der Waals surface area contributed by atoms with E-state index in [1.165, 1.54) is 35.9 Å². The predicted molar refractivity (Wildman–Crippen MR) is 160 cm³/mol. The molecule has 0 radical (unpaired) electrons. The summed E-state index contributed by atoms with van der Waals surface area (Å²) in [6.07, 6.45) is 6.13. The standard InChI is InChI=1S/C32H41N3O6S/c1-20(31(38)33-27-16-22-10-11-23(27)14-22)13-29(36)28(15-21-7-4-3-5-8-21)34-32(39)24-17-25(35-12-6-9-30(35)37)19-26(18-24)42(2,40)41/h3-5,7-8,17-20,22-23,27-29,36H,6,9-16H2,1-2H3,(H,33,38)(H,34,39)/t20-,22?,23?,27?,28?,29+/m1/s1. The van der Waals surface area contributed by atoms with Gasteiger partial charge in [-0.3, -0.25) is 14.4 Å². The lowest BCUT2D eigenvalue weighted by Gasteiger charge is -2.28. The van der Waals surface area contributed by atoms with Crippen LogP contribution in [0.1, 0.15) is 67.8 Å². The average molecular weight is 596 g/mol. The Morgan fingerprint density at radius 1 is 1.10 bits per heavy atom. The maximum atomic E-state index is 13.6. The minimum Gasteiger partial charge on any atom is -0.391 e. The van der Waals surface area contributed by atoms with Gasteiger partial charge >= 0.3 is 0 Å². The van der Waals surface area contributed by atoms with Crippen molar-refractivity contribution in [3.05, 3.63) is 59.7 Å². The Hall–Kier alpha value is -3.24. The molecule has 6 atom stereocenters. The second kappa shape index (κ2) is 12.6. The molecule has 10 heteroatoms. The number of rotatable bonds is 11. The number of sulfone groups is 1. The second-order valence-electron chi connectivity index (χ2n) is 12.4. The van der Waals surface area contributed by atoms with Crippen molar-refractivity contribution >= 4 is 33.2 Å². The second-order valence-corrected chi connectivity index (χ2v) is 14.4. The number of benzene rings is 2. The first kappa shape index (κ1) is 30.2. The molecule has 4 unspecified atom stereocenters. The lowest BCUT2D eigenvalue weighted by atomic mass is 9.92. The molecule has 42 heavy (non-hydrogen) atoms. The largest absolute Gasteiger partial charge is 0.391 e. The summed E-state index contributed by atoms with van der Waals surface area (Å²) in [5, 5.41) is 17.5. The third-order valence-corrected chi connectivity index (χ3v) is 10.2. The quantitative estimate of drug-likeness (QED) is 0.365. The number of anilines is 1. The molecule has 1 aliphatic heterocycles. The van der Waals surface area contributed by atoms with Crippen LogP contribution in [0.2, 0.25) is 0 Å². The van der Waals surface area contributed by atoms with Gasteiger partial charge in [0.25, 0.3) is 5.91 Å². The van der Waals surface area contributed by atoms with Crippen molar-refractivity contribution in [2.75, 3.05) is 17.7 Å². The highest BCUT2D eigenvalue weighted by molar-refractivity contribution is 7.90.